The van der Waals surface area contributed by atoms with Gasteiger partial charge in [0.15, 0.2) is 0 Å². The Labute approximate surface area is 148 Å². The van der Waals surface area contributed by atoms with Crippen LogP contribution in [0.25, 0.3) is 10.8 Å². The van der Waals surface area contributed by atoms with Gasteiger partial charge in [-0.05, 0) is 48.9 Å². The summed E-state index contributed by atoms with van der Waals surface area (Å²) >= 11 is 0. The Kier molecular flexibility index (Phi) is 4.16. The maximum atomic E-state index is 12.7. The number of hydrogen-bond donors (Lipinski definition) is 1. The Morgan fingerprint density at radius 1 is 1.12 bits per heavy atom. The lowest BCUT2D eigenvalue weighted by Gasteiger charge is -2.45. The number of fused-ring (bicyclic) bond motifs is 1. The summed E-state index contributed by atoms with van der Waals surface area (Å²) in [4.78, 5) is 14.6. The topological polar surface area (TPSA) is 49.8 Å². The molecule has 132 valence electrons. The molecule has 4 rings (SSSR count). The van der Waals surface area contributed by atoms with E-state index < -0.39 is 0 Å². The highest BCUT2D eigenvalue weighted by Crippen LogP contribution is 2.40. The van der Waals surface area contributed by atoms with Gasteiger partial charge in [-0.3, -0.25) is 0 Å². The van der Waals surface area contributed by atoms with Crippen LogP contribution in [0.1, 0.15) is 50.6 Å². The van der Waals surface area contributed by atoms with E-state index in [1.165, 1.54) is 10.8 Å². The molecule has 2 aromatic rings. The Balaban J connectivity index is 1.55. The molecule has 1 aliphatic heterocycles. The lowest BCUT2D eigenvalue weighted by atomic mass is 9.80. The molecule has 1 atom stereocenters. The van der Waals surface area contributed by atoms with Crippen molar-refractivity contribution in [3.05, 3.63) is 48.0 Å². The van der Waals surface area contributed by atoms with Crippen molar-refractivity contribution < 1.29 is 14.6 Å². The molecule has 0 unspecified atom stereocenters. The molecule has 1 spiro atoms. The number of hydrogen-bond acceptors (Lipinski definition) is 3. The Hall–Kier alpha value is -2.07. The number of carbonyl (C=O) groups excluding carboxylic acids is 1. The monoisotopic (exact) mass is 339 g/mol. The normalized spacial score (nSPS) is 28.2. The molecule has 1 saturated heterocycles. The van der Waals surface area contributed by atoms with E-state index in [-0.39, 0.29) is 23.8 Å². The molecule has 2 aromatic carbocycles. The highest BCUT2D eigenvalue weighted by molar-refractivity contribution is 5.86. The van der Waals surface area contributed by atoms with E-state index in [0.717, 1.165) is 37.7 Å². The van der Waals surface area contributed by atoms with Gasteiger partial charge in [0.25, 0.3) is 0 Å². The zero-order chi connectivity index (χ0) is 17.4. The molecule has 0 bridgehead atoms. The summed E-state index contributed by atoms with van der Waals surface area (Å²) in [6.45, 7) is 2.78. The van der Waals surface area contributed by atoms with E-state index in [1.54, 1.807) is 0 Å². The van der Waals surface area contributed by atoms with Crippen LogP contribution in [0.5, 0.6) is 0 Å². The second kappa shape index (κ2) is 6.34. The summed E-state index contributed by atoms with van der Waals surface area (Å²) in [5, 5.41) is 12.1. The molecule has 2 fully saturated rings. The molecular weight excluding hydrogens is 314 g/mol. The number of nitrogens with zero attached hydrogens (tertiary/aromatic N) is 1. The average molecular weight is 339 g/mol. The third-order valence-corrected chi connectivity index (χ3v) is 5.95. The number of carbonyl (C=O) groups is 1. The van der Waals surface area contributed by atoms with Gasteiger partial charge in [-0.2, -0.15) is 0 Å². The third kappa shape index (κ3) is 2.99. The molecule has 1 saturated carbocycles. The van der Waals surface area contributed by atoms with Gasteiger partial charge in [0.05, 0.1) is 12.1 Å². The van der Waals surface area contributed by atoms with E-state index in [0.29, 0.717) is 6.54 Å². The maximum Gasteiger partial charge on any atom is 0.410 e. The highest BCUT2D eigenvalue weighted by atomic mass is 16.6. The molecule has 1 aliphatic carbocycles. The zero-order valence-electron chi connectivity index (χ0n) is 14.6. The van der Waals surface area contributed by atoms with Crippen molar-refractivity contribution in [1.82, 2.24) is 4.90 Å². The van der Waals surface area contributed by atoms with Crippen molar-refractivity contribution in [2.24, 2.45) is 0 Å². The summed E-state index contributed by atoms with van der Waals surface area (Å²) in [5.74, 6) is 0. The average Bonchev–Trinajstić information content (AvgIpc) is 2.63. The van der Waals surface area contributed by atoms with Gasteiger partial charge in [0.2, 0.25) is 0 Å². The molecule has 1 amide bonds. The molecule has 4 heteroatoms. The lowest BCUT2D eigenvalue weighted by Crippen LogP contribution is -2.52. The van der Waals surface area contributed by atoms with E-state index in [2.05, 4.69) is 31.2 Å². The van der Waals surface area contributed by atoms with Gasteiger partial charge < -0.3 is 14.7 Å². The van der Waals surface area contributed by atoms with Gasteiger partial charge in [-0.15, -0.1) is 0 Å². The van der Waals surface area contributed by atoms with Crippen molar-refractivity contribution in [2.75, 3.05) is 6.54 Å². The minimum atomic E-state index is -0.356. The fourth-order valence-corrected chi connectivity index (χ4v) is 4.33. The first-order valence-corrected chi connectivity index (χ1v) is 9.23. The van der Waals surface area contributed by atoms with Gasteiger partial charge in [0.1, 0.15) is 5.60 Å². The van der Waals surface area contributed by atoms with Crippen molar-refractivity contribution in [1.29, 1.82) is 0 Å². The summed E-state index contributed by atoms with van der Waals surface area (Å²) in [6.07, 6.45) is 3.39. The van der Waals surface area contributed by atoms with Crippen LogP contribution in [0.3, 0.4) is 0 Å². The van der Waals surface area contributed by atoms with Crippen molar-refractivity contribution >= 4 is 16.9 Å². The molecule has 0 radical (unpaired) electrons. The van der Waals surface area contributed by atoms with Crippen LogP contribution < -0.4 is 0 Å². The van der Waals surface area contributed by atoms with E-state index in [9.17, 15) is 9.90 Å². The first kappa shape index (κ1) is 16.4. The maximum absolute atomic E-state index is 12.7. The van der Waals surface area contributed by atoms with Crippen molar-refractivity contribution in [3.63, 3.8) is 0 Å². The van der Waals surface area contributed by atoms with E-state index >= 15 is 0 Å². The molecule has 0 aromatic heterocycles. The standard InChI is InChI=1S/C21H25NO3/c1-15(18-8-4-6-16-5-2-3-7-19(16)18)22-14-13-21(25-20(22)24)11-9-17(23)10-12-21/h2-8,15,17,23H,9-14H2,1H3/t15-,17?,21?/m0/s1. The number of aliphatic hydroxyl groups is 1. The molecule has 1 N–H and O–H groups in total. The lowest BCUT2D eigenvalue weighted by molar-refractivity contribution is -0.0907. The fraction of sp³-hybridized carbons (Fsp3) is 0.476. The van der Waals surface area contributed by atoms with Crippen LogP contribution in [-0.2, 0) is 4.74 Å². The zero-order valence-corrected chi connectivity index (χ0v) is 14.6. The van der Waals surface area contributed by atoms with Gasteiger partial charge in [-0.25, -0.2) is 4.79 Å². The summed E-state index contributed by atoms with van der Waals surface area (Å²) in [6, 6.07) is 14.5. The predicted octanol–water partition coefficient (Wildman–Crippen LogP) is 4.42. The van der Waals surface area contributed by atoms with Crippen LogP contribution in [-0.4, -0.2) is 34.3 Å². The third-order valence-electron chi connectivity index (χ3n) is 5.95. The minimum Gasteiger partial charge on any atom is -0.443 e. The van der Waals surface area contributed by atoms with Crippen LogP contribution >= 0.6 is 0 Å². The SMILES string of the molecule is C[C@@H](c1cccc2ccccc12)N1CCC2(CCC(O)CC2)OC1=O. The highest BCUT2D eigenvalue weighted by Gasteiger charge is 2.44. The summed E-state index contributed by atoms with van der Waals surface area (Å²) < 4.78 is 5.91. The van der Waals surface area contributed by atoms with Gasteiger partial charge in [-0.1, -0.05) is 42.5 Å². The fourth-order valence-electron chi connectivity index (χ4n) is 4.33. The molecule has 2 aliphatic rings. The number of aliphatic hydroxyl groups excluding tert-OH is 1. The first-order valence-electron chi connectivity index (χ1n) is 9.23. The second-order valence-corrected chi connectivity index (χ2v) is 7.47. The number of amides is 1. The second-order valence-electron chi connectivity index (χ2n) is 7.47. The van der Waals surface area contributed by atoms with E-state index in [1.807, 2.05) is 23.1 Å². The largest absolute Gasteiger partial charge is 0.443 e. The predicted molar refractivity (Wildman–Crippen MR) is 97.4 cm³/mol. The van der Waals surface area contributed by atoms with Crippen LogP contribution in [0.2, 0.25) is 0 Å². The summed E-state index contributed by atoms with van der Waals surface area (Å²) in [5.41, 5.74) is 0.802. The molecular formula is C21H25NO3. The Bertz CT molecular complexity index is 774. The van der Waals surface area contributed by atoms with Crippen LogP contribution in [0, 0.1) is 0 Å². The molecule has 1 heterocycles. The summed E-state index contributed by atoms with van der Waals surface area (Å²) in [7, 11) is 0. The number of rotatable bonds is 2. The number of benzene rings is 2. The number of ether oxygens (including phenoxy) is 1. The van der Waals surface area contributed by atoms with Crippen molar-refractivity contribution in [3.8, 4) is 0 Å². The first-order chi connectivity index (χ1) is 12.1. The Morgan fingerprint density at radius 2 is 1.84 bits per heavy atom. The molecule has 25 heavy (non-hydrogen) atoms. The van der Waals surface area contributed by atoms with Gasteiger partial charge in [0, 0.05) is 13.0 Å². The van der Waals surface area contributed by atoms with Crippen LogP contribution in [0.4, 0.5) is 4.79 Å². The quantitative estimate of drug-likeness (QED) is 0.881. The minimum absolute atomic E-state index is 0.0230. The van der Waals surface area contributed by atoms with Crippen LogP contribution in [0.15, 0.2) is 42.5 Å². The Morgan fingerprint density at radius 3 is 2.60 bits per heavy atom. The van der Waals surface area contributed by atoms with Crippen molar-refractivity contribution in [2.45, 2.75) is 56.8 Å². The van der Waals surface area contributed by atoms with Gasteiger partial charge >= 0.3 is 6.09 Å². The van der Waals surface area contributed by atoms with E-state index in [4.69, 9.17) is 4.74 Å². The smallest absolute Gasteiger partial charge is 0.410 e. The molecule has 4 nitrogen and oxygen atoms in total.